The molecular weight excluding hydrogens is 537 g/mol. The van der Waals surface area contributed by atoms with Gasteiger partial charge in [-0.2, -0.15) is 5.10 Å². The minimum Gasteiger partial charge on any atom is -0.497 e. The van der Waals surface area contributed by atoms with Gasteiger partial charge in [0.25, 0.3) is 5.91 Å². The van der Waals surface area contributed by atoms with Crippen molar-refractivity contribution in [2.75, 3.05) is 7.11 Å². The van der Waals surface area contributed by atoms with Crippen LogP contribution in [0.25, 0.3) is 22.2 Å². The number of hydrogen-bond donors (Lipinski definition) is 2. The number of ether oxygens (including phenoxy) is 1. The van der Waals surface area contributed by atoms with Crippen molar-refractivity contribution in [2.45, 2.75) is 44.7 Å². The van der Waals surface area contributed by atoms with Gasteiger partial charge in [0.15, 0.2) is 0 Å². The summed E-state index contributed by atoms with van der Waals surface area (Å²) < 4.78 is 20.8. The highest BCUT2D eigenvalue weighted by atomic mass is 35.5. The average Bonchev–Trinajstić information content (AvgIpc) is 3.27. The van der Waals surface area contributed by atoms with Crippen LogP contribution in [-0.4, -0.2) is 49.9 Å². The average molecular weight is 564 g/mol. The molecule has 1 spiro atoms. The molecule has 0 unspecified atom stereocenters. The second kappa shape index (κ2) is 10.2. The Kier molecular flexibility index (Phi) is 6.66. The minimum atomic E-state index is -0.750. The van der Waals surface area contributed by atoms with E-state index < -0.39 is 11.8 Å². The van der Waals surface area contributed by atoms with E-state index in [9.17, 15) is 14.0 Å². The van der Waals surface area contributed by atoms with Gasteiger partial charge in [0.05, 0.1) is 54.7 Å². The number of halogens is 2. The normalized spacial score (nSPS) is 21.6. The van der Waals surface area contributed by atoms with Gasteiger partial charge in [-0.25, -0.2) is 4.39 Å². The second-order valence-electron chi connectivity index (χ2n) is 10.9. The first-order valence-electron chi connectivity index (χ1n) is 13.0. The van der Waals surface area contributed by atoms with Gasteiger partial charge in [-0.05, 0) is 61.3 Å². The third kappa shape index (κ3) is 5.11. The molecule has 4 aromatic rings. The predicted molar refractivity (Wildman–Crippen MR) is 146 cm³/mol. The van der Waals surface area contributed by atoms with Crippen molar-refractivity contribution < 1.29 is 23.8 Å². The molecule has 2 saturated carbocycles. The van der Waals surface area contributed by atoms with Gasteiger partial charge in [0.1, 0.15) is 11.6 Å². The quantitative estimate of drug-likeness (QED) is 0.306. The van der Waals surface area contributed by atoms with E-state index in [4.69, 9.17) is 21.4 Å². The highest BCUT2D eigenvalue weighted by molar-refractivity contribution is 6.32. The predicted octanol–water partition coefficient (Wildman–Crippen LogP) is 5.11. The van der Waals surface area contributed by atoms with Crippen molar-refractivity contribution in [1.82, 2.24) is 25.1 Å². The second-order valence-corrected chi connectivity index (χ2v) is 11.4. The molecule has 2 N–H and O–H groups in total. The van der Waals surface area contributed by atoms with Crippen LogP contribution in [0.1, 0.15) is 48.2 Å². The Labute approximate surface area is 234 Å². The molecule has 2 aliphatic rings. The maximum atomic E-state index is 13.9. The van der Waals surface area contributed by atoms with E-state index in [1.165, 1.54) is 19.2 Å². The minimum absolute atomic E-state index is 0.0449. The third-order valence-corrected chi connectivity index (χ3v) is 8.18. The number of carbonyl (C=O) groups is 2. The Hall–Kier alpha value is -4.05. The monoisotopic (exact) mass is 563 g/mol. The molecule has 6 rings (SSSR count). The lowest BCUT2D eigenvalue weighted by Gasteiger charge is -2.57. The zero-order valence-electron chi connectivity index (χ0n) is 21.7. The summed E-state index contributed by atoms with van der Waals surface area (Å²) in [6, 6.07) is 7.80. The number of carboxylic acids is 1. The fraction of sp³-hybridized carbons (Fsp3) is 0.345. The molecule has 11 heteroatoms. The molecule has 0 saturated heterocycles. The van der Waals surface area contributed by atoms with E-state index in [0.29, 0.717) is 38.8 Å². The first-order chi connectivity index (χ1) is 19.2. The molecule has 0 atom stereocenters. The lowest BCUT2D eigenvalue weighted by Crippen LogP contribution is -2.56. The Morgan fingerprint density at radius 3 is 2.62 bits per heavy atom. The molecule has 206 valence electrons. The van der Waals surface area contributed by atoms with Crippen molar-refractivity contribution in [3.8, 4) is 17.0 Å². The van der Waals surface area contributed by atoms with Crippen LogP contribution in [0.2, 0.25) is 5.02 Å². The lowest BCUT2D eigenvalue weighted by molar-refractivity contribution is -0.142. The fourth-order valence-electron chi connectivity index (χ4n) is 6.30. The molecule has 2 aromatic heterocycles. The Balaban J connectivity index is 1.17. The summed E-state index contributed by atoms with van der Waals surface area (Å²) in [5, 5.41) is 17.8. The molecule has 2 heterocycles. The number of aliphatic carboxylic acids is 1. The number of rotatable bonds is 8. The van der Waals surface area contributed by atoms with Gasteiger partial charge in [-0.1, -0.05) is 11.6 Å². The molecule has 0 bridgehead atoms. The molecular formula is C29H27ClFN5O4. The molecule has 9 nitrogen and oxygen atoms in total. The van der Waals surface area contributed by atoms with E-state index >= 15 is 0 Å². The summed E-state index contributed by atoms with van der Waals surface area (Å²) in [4.78, 5) is 33.3. The summed E-state index contributed by atoms with van der Waals surface area (Å²) >= 11 is 6.34. The van der Waals surface area contributed by atoms with Gasteiger partial charge < -0.3 is 15.2 Å². The van der Waals surface area contributed by atoms with Crippen molar-refractivity contribution in [3.05, 3.63) is 71.0 Å². The third-order valence-electron chi connectivity index (χ3n) is 7.96. The van der Waals surface area contributed by atoms with Gasteiger partial charge in [-0.15, -0.1) is 0 Å². The van der Waals surface area contributed by atoms with Crippen LogP contribution in [0.4, 0.5) is 4.39 Å². The zero-order chi connectivity index (χ0) is 28.0. The van der Waals surface area contributed by atoms with Crippen molar-refractivity contribution in [2.24, 2.45) is 11.3 Å². The molecule has 0 aliphatic heterocycles. The van der Waals surface area contributed by atoms with E-state index in [2.05, 4.69) is 20.4 Å². The molecule has 2 fully saturated rings. The zero-order valence-corrected chi connectivity index (χ0v) is 22.5. The number of hydrogen-bond acceptors (Lipinski definition) is 6. The number of methoxy groups -OCH3 is 1. The van der Waals surface area contributed by atoms with Gasteiger partial charge in [0.2, 0.25) is 0 Å². The maximum Gasteiger partial charge on any atom is 0.303 e. The summed E-state index contributed by atoms with van der Waals surface area (Å²) in [6.45, 7) is 0.267. The van der Waals surface area contributed by atoms with E-state index in [-0.39, 0.29) is 36.2 Å². The molecule has 0 radical (unpaired) electrons. The van der Waals surface area contributed by atoms with E-state index in [1.807, 2.05) is 0 Å². The van der Waals surface area contributed by atoms with Crippen LogP contribution >= 0.6 is 11.6 Å². The summed E-state index contributed by atoms with van der Waals surface area (Å²) in [7, 11) is 1.47. The van der Waals surface area contributed by atoms with Crippen molar-refractivity contribution >= 4 is 34.4 Å². The molecule has 2 aromatic carbocycles. The first-order valence-corrected chi connectivity index (χ1v) is 13.4. The van der Waals surface area contributed by atoms with E-state index in [1.54, 1.807) is 41.5 Å². The molecule has 1 amide bonds. The van der Waals surface area contributed by atoms with Crippen molar-refractivity contribution in [3.63, 3.8) is 0 Å². The van der Waals surface area contributed by atoms with Gasteiger partial charge >= 0.3 is 5.97 Å². The summed E-state index contributed by atoms with van der Waals surface area (Å²) in [5.74, 6) is -0.776. The Morgan fingerprint density at radius 2 is 1.93 bits per heavy atom. The number of amides is 1. The number of nitrogens with zero attached hydrogens (tertiary/aromatic N) is 4. The summed E-state index contributed by atoms with van der Waals surface area (Å²) in [6.07, 6.45) is 8.57. The number of nitrogens with one attached hydrogen (secondary N) is 1. The first kappa shape index (κ1) is 26.2. The number of carboxylic acid groups (broad SMARTS) is 1. The maximum absolute atomic E-state index is 13.9. The van der Waals surface area contributed by atoms with Crippen LogP contribution < -0.4 is 10.1 Å². The number of fused-ring (bicyclic) bond motifs is 1. The van der Waals surface area contributed by atoms with Crippen LogP contribution in [0.3, 0.4) is 0 Å². The standard InChI is InChI=1S/C29H27ClFN5O4/c1-40-23-5-17(4-20(31)7-23)25-14-32-22(13-33-25)15-36-27-18(12-34-36)3-19(30)6-24(27)28(39)35-21-10-29(11-21)8-16(9-29)2-26(37)38/h3-7,12-14,16,21H,2,8-11,15H2,1H3,(H,35,39)(H,37,38). The van der Waals surface area contributed by atoms with E-state index in [0.717, 1.165) is 31.1 Å². The van der Waals surface area contributed by atoms with Crippen molar-refractivity contribution in [1.29, 1.82) is 0 Å². The van der Waals surface area contributed by atoms with Crippen LogP contribution in [0.15, 0.2) is 48.9 Å². The largest absolute Gasteiger partial charge is 0.497 e. The Bertz CT molecular complexity index is 1610. The van der Waals surface area contributed by atoms with Gasteiger partial charge in [-0.3, -0.25) is 24.2 Å². The smallest absolute Gasteiger partial charge is 0.303 e. The topological polar surface area (TPSA) is 119 Å². The highest BCUT2D eigenvalue weighted by Crippen LogP contribution is 2.59. The summed E-state index contributed by atoms with van der Waals surface area (Å²) in [5.41, 5.74) is 2.89. The van der Waals surface area contributed by atoms with Crippen LogP contribution in [-0.2, 0) is 11.3 Å². The van der Waals surface area contributed by atoms with Crippen LogP contribution in [0.5, 0.6) is 5.75 Å². The SMILES string of the molecule is COc1cc(F)cc(-c2cnc(Cn3ncc4cc(Cl)cc(C(=O)NC5CC6(CC(CC(=O)O)C6)C5)c43)cn2)c1. The Morgan fingerprint density at radius 1 is 1.12 bits per heavy atom. The lowest BCUT2D eigenvalue weighted by atomic mass is 9.49. The number of aromatic nitrogens is 4. The fourth-order valence-corrected chi connectivity index (χ4v) is 6.52. The molecule has 40 heavy (non-hydrogen) atoms. The number of benzene rings is 2. The number of carbonyl (C=O) groups excluding carboxylic acids is 1. The molecule has 2 aliphatic carbocycles. The van der Waals surface area contributed by atoms with Crippen LogP contribution in [0, 0.1) is 17.2 Å². The van der Waals surface area contributed by atoms with Gasteiger partial charge in [0, 0.05) is 34.5 Å². The highest BCUT2D eigenvalue weighted by Gasteiger charge is 2.53.